The van der Waals surface area contributed by atoms with Crippen molar-refractivity contribution >= 4 is 21.6 Å². The van der Waals surface area contributed by atoms with Crippen molar-refractivity contribution < 1.29 is 8.42 Å². The maximum atomic E-state index is 10.9. The molecule has 1 aromatic rings. The molecule has 96 valence electrons. The quantitative estimate of drug-likeness (QED) is 0.372. The number of nitrogens with one attached hydrogen (secondary N) is 2. The molecule has 8 heteroatoms. The Morgan fingerprint density at radius 2 is 2.12 bits per heavy atom. The first-order chi connectivity index (χ1) is 7.90. The molecule has 0 aliphatic carbocycles. The second-order valence-electron chi connectivity index (χ2n) is 3.77. The smallest absolute Gasteiger partial charge is 0.239 e. The van der Waals surface area contributed by atoms with Crippen molar-refractivity contribution in [1.29, 1.82) is 0 Å². The van der Waals surface area contributed by atoms with E-state index in [1.165, 1.54) is 6.26 Å². The lowest BCUT2D eigenvalue weighted by Crippen LogP contribution is -2.14. The number of nitrogens with zero attached hydrogens (tertiary/aromatic N) is 2. The van der Waals surface area contributed by atoms with Crippen LogP contribution in [0.2, 0.25) is 0 Å². The zero-order chi connectivity index (χ0) is 12.9. The van der Waals surface area contributed by atoms with Crippen molar-refractivity contribution in [3.63, 3.8) is 0 Å². The lowest BCUT2D eigenvalue weighted by Gasteiger charge is -2.07. The molecule has 0 aromatic carbocycles. The van der Waals surface area contributed by atoms with Gasteiger partial charge in [0.25, 0.3) is 0 Å². The summed E-state index contributed by atoms with van der Waals surface area (Å²) in [7, 11) is -2.90. The number of hydrogen-bond donors (Lipinski definition) is 3. The molecule has 0 amide bonds. The first-order valence-electron chi connectivity index (χ1n) is 5.14. The SMILES string of the molecule is Cc1cc(NCCCS(C)(=O)=O)nc(NN)n1. The average molecular weight is 259 g/mol. The third kappa shape index (κ3) is 5.45. The maximum absolute atomic E-state index is 10.9. The summed E-state index contributed by atoms with van der Waals surface area (Å²) in [6, 6.07) is 1.77. The fourth-order valence-corrected chi connectivity index (χ4v) is 1.94. The highest BCUT2D eigenvalue weighted by molar-refractivity contribution is 7.90. The molecule has 0 radical (unpaired) electrons. The van der Waals surface area contributed by atoms with Gasteiger partial charge >= 0.3 is 0 Å². The van der Waals surface area contributed by atoms with Crippen LogP contribution in [0.15, 0.2) is 6.07 Å². The Bertz CT molecular complexity index is 474. The summed E-state index contributed by atoms with van der Waals surface area (Å²) in [6.07, 6.45) is 1.76. The molecule has 0 saturated heterocycles. The molecule has 4 N–H and O–H groups in total. The summed E-state index contributed by atoms with van der Waals surface area (Å²) in [6.45, 7) is 2.36. The van der Waals surface area contributed by atoms with Crippen LogP contribution < -0.4 is 16.6 Å². The Balaban J connectivity index is 2.49. The van der Waals surface area contributed by atoms with Crippen LogP contribution in [0.25, 0.3) is 0 Å². The Hall–Kier alpha value is -1.41. The van der Waals surface area contributed by atoms with Gasteiger partial charge in [-0.05, 0) is 13.3 Å². The number of hydrogen-bond acceptors (Lipinski definition) is 7. The molecule has 0 fully saturated rings. The van der Waals surface area contributed by atoms with Crippen LogP contribution in [0.1, 0.15) is 12.1 Å². The van der Waals surface area contributed by atoms with E-state index in [1.807, 2.05) is 6.92 Å². The van der Waals surface area contributed by atoms with Crippen molar-refractivity contribution in [3.05, 3.63) is 11.8 Å². The van der Waals surface area contributed by atoms with Gasteiger partial charge in [-0.2, -0.15) is 4.98 Å². The standard InChI is InChI=1S/C9H17N5O2S/c1-7-6-8(13-9(12-7)14-10)11-4-3-5-17(2,15)16/h6H,3-5,10H2,1-2H3,(H2,11,12,13,14). The van der Waals surface area contributed by atoms with Gasteiger partial charge in [0.2, 0.25) is 5.95 Å². The molecule has 0 spiro atoms. The first kappa shape index (κ1) is 13.7. The summed E-state index contributed by atoms with van der Waals surface area (Å²) in [5.41, 5.74) is 3.14. The number of aryl methyl sites for hydroxylation is 1. The number of nitrogens with two attached hydrogens (primary N) is 1. The fourth-order valence-electron chi connectivity index (χ4n) is 1.27. The van der Waals surface area contributed by atoms with Crippen LogP contribution >= 0.6 is 0 Å². The van der Waals surface area contributed by atoms with Gasteiger partial charge < -0.3 is 5.32 Å². The lowest BCUT2D eigenvalue weighted by atomic mass is 10.4. The van der Waals surface area contributed by atoms with Gasteiger partial charge in [0.05, 0.1) is 5.75 Å². The van der Waals surface area contributed by atoms with E-state index >= 15 is 0 Å². The second-order valence-corrected chi connectivity index (χ2v) is 6.03. The van der Waals surface area contributed by atoms with E-state index in [0.29, 0.717) is 24.7 Å². The highest BCUT2D eigenvalue weighted by Crippen LogP contribution is 2.08. The number of sulfone groups is 1. The molecule has 0 aliphatic heterocycles. The molecule has 1 rings (SSSR count). The van der Waals surface area contributed by atoms with Crippen molar-refractivity contribution in [2.75, 3.05) is 29.3 Å². The molecule has 0 unspecified atom stereocenters. The van der Waals surface area contributed by atoms with E-state index < -0.39 is 9.84 Å². The average Bonchev–Trinajstić information content (AvgIpc) is 2.22. The third-order valence-electron chi connectivity index (χ3n) is 1.98. The van der Waals surface area contributed by atoms with Crippen molar-refractivity contribution in [2.24, 2.45) is 5.84 Å². The number of nitrogen functional groups attached to an aromatic ring is 1. The number of aromatic nitrogens is 2. The summed E-state index contributed by atoms with van der Waals surface area (Å²) in [5.74, 6) is 6.33. The van der Waals surface area contributed by atoms with Gasteiger partial charge in [0, 0.05) is 24.6 Å². The van der Waals surface area contributed by atoms with Crippen LogP contribution in [0.4, 0.5) is 11.8 Å². The molecule has 7 nitrogen and oxygen atoms in total. The Morgan fingerprint density at radius 3 is 2.71 bits per heavy atom. The molecule has 0 aliphatic rings. The van der Waals surface area contributed by atoms with E-state index in [4.69, 9.17) is 5.84 Å². The van der Waals surface area contributed by atoms with Gasteiger partial charge in [-0.25, -0.2) is 19.2 Å². The minimum atomic E-state index is -2.90. The summed E-state index contributed by atoms with van der Waals surface area (Å²) in [4.78, 5) is 8.11. The Morgan fingerprint density at radius 1 is 1.41 bits per heavy atom. The molecule has 0 bridgehead atoms. The van der Waals surface area contributed by atoms with Gasteiger partial charge in [0.1, 0.15) is 15.7 Å². The van der Waals surface area contributed by atoms with Gasteiger partial charge in [0.15, 0.2) is 0 Å². The summed E-state index contributed by atoms with van der Waals surface area (Å²) >= 11 is 0. The van der Waals surface area contributed by atoms with Gasteiger partial charge in [-0.3, -0.25) is 5.43 Å². The number of hydrazine groups is 1. The minimum absolute atomic E-state index is 0.159. The second kappa shape index (κ2) is 5.78. The molecule has 1 aromatic heterocycles. The summed E-state index contributed by atoms with van der Waals surface area (Å²) < 4.78 is 21.8. The third-order valence-corrected chi connectivity index (χ3v) is 3.01. The van der Waals surface area contributed by atoms with Gasteiger partial charge in [-0.15, -0.1) is 0 Å². The van der Waals surface area contributed by atoms with Crippen molar-refractivity contribution in [2.45, 2.75) is 13.3 Å². The monoisotopic (exact) mass is 259 g/mol. The van der Waals surface area contributed by atoms with Crippen LogP contribution in [-0.4, -0.2) is 36.9 Å². The van der Waals surface area contributed by atoms with Crippen LogP contribution in [-0.2, 0) is 9.84 Å². The van der Waals surface area contributed by atoms with Crippen LogP contribution in [0, 0.1) is 6.92 Å². The zero-order valence-electron chi connectivity index (χ0n) is 9.90. The Kier molecular flexibility index (Phi) is 4.64. The lowest BCUT2D eigenvalue weighted by molar-refractivity contribution is 0.600. The predicted octanol–water partition coefficient (Wildman–Crippen LogP) is -0.0828. The summed E-state index contributed by atoms with van der Waals surface area (Å²) in [5, 5.41) is 3.02. The van der Waals surface area contributed by atoms with E-state index in [9.17, 15) is 8.42 Å². The van der Waals surface area contributed by atoms with Gasteiger partial charge in [-0.1, -0.05) is 0 Å². The van der Waals surface area contributed by atoms with E-state index in [-0.39, 0.29) is 5.75 Å². The molecule has 17 heavy (non-hydrogen) atoms. The predicted molar refractivity (Wildman–Crippen MR) is 67.4 cm³/mol. The highest BCUT2D eigenvalue weighted by atomic mass is 32.2. The fraction of sp³-hybridized carbons (Fsp3) is 0.556. The van der Waals surface area contributed by atoms with Crippen molar-refractivity contribution in [3.8, 4) is 0 Å². The zero-order valence-corrected chi connectivity index (χ0v) is 10.7. The highest BCUT2D eigenvalue weighted by Gasteiger charge is 2.03. The largest absolute Gasteiger partial charge is 0.370 e. The van der Waals surface area contributed by atoms with Crippen LogP contribution in [0.5, 0.6) is 0 Å². The molecule has 1 heterocycles. The topological polar surface area (TPSA) is 110 Å². The Labute approximate surface area is 101 Å². The molecule has 0 atom stereocenters. The first-order valence-corrected chi connectivity index (χ1v) is 7.20. The molecular formula is C9H17N5O2S. The maximum Gasteiger partial charge on any atom is 0.239 e. The number of anilines is 2. The number of rotatable bonds is 6. The van der Waals surface area contributed by atoms with Crippen LogP contribution in [0.3, 0.4) is 0 Å². The molecular weight excluding hydrogens is 242 g/mol. The van der Waals surface area contributed by atoms with Crippen molar-refractivity contribution in [1.82, 2.24) is 9.97 Å². The van der Waals surface area contributed by atoms with E-state index in [2.05, 4.69) is 20.7 Å². The van der Waals surface area contributed by atoms with E-state index in [1.54, 1.807) is 6.07 Å². The minimum Gasteiger partial charge on any atom is -0.370 e. The molecule has 0 saturated carbocycles. The van der Waals surface area contributed by atoms with E-state index in [0.717, 1.165) is 5.69 Å². The normalized spacial score (nSPS) is 11.2.